The van der Waals surface area contributed by atoms with Crippen LogP contribution in [0.2, 0.25) is 0 Å². The molecule has 3 aliphatic rings. The number of esters is 1. The number of sulfonamides is 1. The molecule has 2 aromatic carbocycles. The lowest BCUT2D eigenvalue weighted by Gasteiger charge is -2.42. The van der Waals surface area contributed by atoms with Gasteiger partial charge in [0, 0.05) is 19.2 Å². The zero-order valence-electron chi connectivity index (χ0n) is 20.6. The van der Waals surface area contributed by atoms with Gasteiger partial charge in [-0.1, -0.05) is 29.8 Å². The van der Waals surface area contributed by atoms with Crippen LogP contribution in [0.1, 0.15) is 35.6 Å². The number of benzene rings is 2. The highest BCUT2D eigenvalue weighted by Crippen LogP contribution is 2.28. The fourth-order valence-electron chi connectivity index (χ4n) is 4.53. The predicted molar refractivity (Wildman–Crippen MR) is 138 cm³/mol. The smallest absolute Gasteiger partial charge is 0.323 e. The topological polar surface area (TPSA) is 164 Å². The summed E-state index contributed by atoms with van der Waals surface area (Å²) in [6.45, 7) is 3.16. The van der Waals surface area contributed by atoms with E-state index in [1.807, 2.05) is 25.1 Å². The third-order valence-electron chi connectivity index (χ3n) is 6.11. The standard InChI is InChI=1S/C23H25N5O4S.CH5NOS/c1-15-3-2-4-16(11-15)12-22-25-21(14-27-13-18-7-10-20(27)23(29)32-18)26-28(22)17-5-8-19(9-6-17)33(24,30)31;1-4(2)3/h2-6,8-9,11,18,20H,7,10,12-14H2,1H3,(H2,24,30,31);2H2,1H3/t18-,20-;/m0./s1. The maximum atomic E-state index is 12.2. The Bertz CT molecular complexity index is 1400. The Morgan fingerprint density at radius 2 is 1.86 bits per heavy atom. The maximum Gasteiger partial charge on any atom is 0.323 e. The highest BCUT2D eigenvalue weighted by atomic mass is 32.2. The van der Waals surface area contributed by atoms with Crippen LogP contribution in [0.3, 0.4) is 0 Å². The summed E-state index contributed by atoms with van der Waals surface area (Å²) in [5.74, 6) is 1.16. The van der Waals surface area contributed by atoms with E-state index in [0.717, 1.165) is 29.8 Å². The van der Waals surface area contributed by atoms with E-state index in [0.29, 0.717) is 31.0 Å². The third kappa shape index (κ3) is 6.87. The summed E-state index contributed by atoms with van der Waals surface area (Å²) in [5.41, 5.74) is 2.93. The number of piperidine rings is 1. The zero-order valence-corrected chi connectivity index (χ0v) is 22.2. The number of nitrogens with two attached hydrogens (primary N) is 2. The monoisotopic (exact) mass is 546 g/mol. The van der Waals surface area contributed by atoms with Gasteiger partial charge in [0.1, 0.15) is 18.0 Å². The van der Waals surface area contributed by atoms with Gasteiger partial charge in [-0.15, -0.1) is 5.10 Å². The molecule has 0 amide bonds. The van der Waals surface area contributed by atoms with Gasteiger partial charge in [0.2, 0.25) is 10.0 Å². The molecule has 0 spiro atoms. The normalized spacial score (nSPS) is 20.2. The van der Waals surface area contributed by atoms with Crippen LogP contribution in [0, 0.1) is 6.92 Å². The quantitative estimate of drug-likeness (QED) is 0.432. The Morgan fingerprint density at radius 3 is 2.46 bits per heavy atom. The first-order chi connectivity index (χ1) is 17.5. The van der Waals surface area contributed by atoms with Crippen molar-refractivity contribution in [3.63, 3.8) is 0 Å². The number of hydrogen-bond donors (Lipinski definition) is 2. The number of nitrogens with zero attached hydrogens (tertiary/aromatic N) is 4. The fraction of sp³-hybridized carbons (Fsp3) is 0.375. The van der Waals surface area contributed by atoms with Gasteiger partial charge in [0.15, 0.2) is 5.82 Å². The fourth-order valence-corrected chi connectivity index (χ4v) is 5.05. The van der Waals surface area contributed by atoms with Gasteiger partial charge in [0.05, 0.1) is 28.1 Å². The molecule has 3 fully saturated rings. The number of primary sulfonamides is 1. The molecule has 6 rings (SSSR count). The molecule has 4 N–H and O–H groups in total. The average molecular weight is 547 g/mol. The van der Waals surface area contributed by atoms with Crippen molar-refractivity contribution in [3.8, 4) is 5.69 Å². The van der Waals surface area contributed by atoms with E-state index in [1.165, 1.54) is 18.4 Å². The van der Waals surface area contributed by atoms with Crippen LogP contribution >= 0.6 is 0 Å². The van der Waals surface area contributed by atoms with Crippen LogP contribution in [0.4, 0.5) is 0 Å². The number of ether oxygens (including phenoxy) is 1. The van der Waals surface area contributed by atoms with Gasteiger partial charge in [-0.25, -0.2) is 27.4 Å². The molecule has 3 aromatic rings. The number of fused-ring (bicyclic) bond motifs is 3. The van der Waals surface area contributed by atoms with Gasteiger partial charge in [-0.3, -0.25) is 14.8 Å². The predicted octanol–water partition coefficient (Wildman–Crippen LogP) is 0.942. The molecule has 1 unspecified atom stereocenters. The average Bonchev–Trinajstić information content (AvgIpc) is 3.20. The van der Waals surface area contributed by atoms with E-state index in [9.17, 15) is 17.4 Å². The molecule has 0 aliphatic carbocycles. The van der Waals surface area contributed by atoms with E-state index >= 15 is 0 Å². The molecule has 198 valence electrons. The zero-order chi connectivity index (χ0) is 26.7. The van der Waals surface area contributed by atoms with E-state index in [4.69, 9.17) is 20.0 Å². The second-order valence-corrected chi connectivity index (χ2v) is 11.7. The molecule has 0 saturated carbocycles. The Balaban J connectivity index is 0.000000747. The minimum atomic E-state index is -3.79. The molecule has 11 nitrogen and oxygen atoms in total. The van der Waals surface area contributed by atoms with Crippen molar-refractivity contribution in [3.05, 3.63) is 71.3 Å². The van der Waals surface area contributed by atoms with Crippen LogP contribution in [-0.2, 0) is 43.5 Å². The van der Waals surface area contributed by atoms with E-state index in [-0.39, 0.29) is 23.0 Å². The number of aryl methyl sites for hydroxylation is 1. The summed E-state index contributed by atoms with van der Waals surface area (Å²) < 4.78 is 39.7. The number of carbonyl (C=O) groups is 1. The van der Waals surface area contributed by atoms with Crippen LogP contribution < -0.4 is 10.3 Å². The number of hydrogen-bond acceptors (Lipinski definition) is 8. The molecule has 13 heteroatoms. The first-order valence-corrected chi connectivity index (χ1v) is 14.8. The maximum absolute atomic E-state index is 12.2. The largest absolute Gasteiger partial charge is 0.460 e. The number of rotatable bonds is 6. The molecular weight excluding hydrogens is 516 g/mol. The van der Waals surface area contributed by atoms with Crippen molar-refractivity contribution >= 4 is 27.0 Å². The van der Waals surface area contributed by atoms with Crippen molar-refractivity contribution in [1.29, 1.82) is 0 Å². The summed E-state index contributed by atoms with van der Waals surface area (Å²) in [6.07, 6.45) is 3.58. The first-order valence-electron chi connectivity index (χ1n) is 11.7. The van der Waals surface area contributed by atoms with Crippen molar-refractivity contribution in [1.82, 2.24) is 19.7 Å². The van der Waals surface area contributed by atoms with Crippen molar-refractivity contribution in [2.75, 3.05) is 12.8 Å². The molecule has 3 saturated heterocycles. The van der Waals surface area contributed by atoms with Crippen molar-refractivity contribution in [2.45, 2.75) is 49.8 Å². The minimum absolute atomic E-state index is 0.0367. The Labute approximate surface area is 218 Å². The van der Waals surface area contributed by atoms with Gasteiger partial charge in [0.25, 0.3) is 0 Å². The van der Waals surface area contributed by atoms with E-state index in [2.05, 4.69) is 16.1 Å². The SMILES string of the molecule is CS(N)=O.Cc1cccc(Cc2nc(CN3C[C@@H]4CC[C@H]3C(=O)O4)nn2-c2ccc(S(N)(=O)=O)cc2)c1. The highest BCUT2D eigenvalue weighted by Gasteiger charge is 2.42. The van der Waals surface area contributed by atoms with Crippen LogP contribution in [0.15, 0.2) is 53.4 Å². The summed E-state index contributed by atoms with van der Waals surface area (Å²) in [6, 6.07) is 14.2. The molecule has 2 bridgehead atoms. The molecule has 1 aromatic heterocycles. The van der Waals surface area contributed by atoms with Crippen LogP contribution in [0.5, 0.6) is 0 Å². The van der Waals surface area contributed by atoms with E-state index in [1.54, 1.807) is 16.8 Å². The van der Waals surface area contributed by atoms with Crippen LogP contribution in [0.25, 0.3) is 5.69 Å². The van der Waals surface area contributed by atoms with E-state index < -0.39 is 21.0 Å². The number of morpholine rings is 1. The first kappa shape index (κ1) is 27.1. The summed E-state index contributed by atoms with van der Waals surface area (Å²) in [4.78, 5) is 19.1. The second kappa shape index (κ2) is 11.2. The summed E-state index contributed by atoms with van der Waals surface area (Å²) in [7, 11) is -4.90. The van der Waals surface area contributed by atoms with Gasteiger partial charge < -0.3 is 4.74 Å². The summed E-state index contributed by atoms with van der Waals surface area (Å²) >= 11 is 0. The van der Waals surface area contributed by atoms with Crippen molar-refractivity contribution in [2.24, 2.45) is 10.3 Å². The molecule has 3 atom stereocenters. The third-order valence-corrected chi connectivity index (χ3v) is 7.04. The lowest BCUT2D eigenvalue weighted by molar-refractivity contribution is -0.176. The Kier molecular flexibility index (Phi) is 8.19. The molecule has 37 heavy (non-hydrogen) atoms. The van der Waals surface area contributed by atoms with Gasteiger partial charge in [-0.2, -0.15) is 0 Å². The lowest BCUT2D eigenvalue weighted by Crippen LogP contribution is -2.56. The molecular formula is C24H30N6O5S2. The van der Waals surface area contributed by atoms with Crippen LogP contribution in [-0.4, -0.2) is 63.2 Å². The molecule has 3 aliphatic heterocycles. The molecule has 4 heterocycles. The van der Waals surface area contributed by atoms with Gasteiger partial charge in [-0.05, 0) is 49.6 Å². The number of aromatic nitrogens is 3. The van der Waals surface area contributed by atoms with Crippen molar-refractivity contribution < 1.29 is 22.2 Å². The minimum Gasteiger partial charge on any atom is -0.460 e. The summed E-state index contributed by atoms with van der Waals surface area (Å²) in [5, 5.41) is 14.5. The second-order valence-electron chi connectivity index (χ2n) is 9.14. The number of carbonyl (C=O) groups excluding carboxylic acids is 1. The lowest BCUT2D eigenvalue weighted by atomic mass is 9.96. The molecule has 0 radical (unpaired) electrons. The van der Waals surface area contributed by atoms with Gasteiger partial charge >= 0.3 is 5.97 Å². The highest BCUT2D eigenvalue weighted by molar-refractivity contribution is 7.89. The Hall–Kier alpha value is -2.97. The Morgan fingerprint density at radius 1 is 1.16 bits per heavy atom.